The van der Waals surface area contributed by atoms with Gasteiger partial charge in [-0.05, 0) is 5.75 Å². The Morgan fingerprint density at radius 1 is 1.21 bits per heavy atom. The van der Waals surface area contributed by atoms with Crippen molar-refractivity contribution in [3.63, 3.8) is 0 Å². The maximum Gasteiger partial charge on any atom is 0.303 e. The van der Waals surface area contributed by atoms with E-state index in [4.69, 9.17) is 21.1 Å². The maximum absolute atomic E-state index is 11.2. The number of hydrogen-bond acceptors (Lipinski definition) is 6. The van der Waals surface area contributed by atoms with Crippen LogP contribution in [0.15, 0.2) is 0 Å². The number of carbonyl (C=O) groups excluding carboxylic acids is 2. The molecule has 1 rings (SSSR count). The summed E-state index contributed by atoms with van der Waals surface area (Å²) in [6, 6.07) is 0. The molecule has 0 N–H and O–H groups in total. The number of esters is 2. The second-order valence-corrected chi connectivity index (χ2v) is 5.81. The van der Waals surface area contributed by atoms with Crippen LogP contribution in [0.2, 0.25) is 0 Å². The van der Waals surface area contributed by atoms with E-state index in [0.29, 0.717) is 0 Å². The fraction of sp³-hybridized carbons (Fsp3) is 0.769. The molecule has 0 aromatic rings. The van der Waals surface area contributed by atoms with Crippen LogP contribution < -0.4 is 0 Å². The summed E-state index contributed by atoms with van der Waals surface area (Å²) in [6.07, 6.45) is -2.16. The lowest BCUT2D eigenvalue weighted by atomic mass is 9.93. The summed E-state index contributed by atoms with van der Waals surface area (Å²) in [5.74, 6) is -0.163. The van der Waals surface area contributed by atoms with Gasteiger partial charge in [0.05, 0.1) is 0 Å². The van der Waals surface area contributed by atoms with Crippen LogP contribution in [0.3, 0.4) is 0 Å². The Labute approximate surface area is 118 Å². The third kappa shape index (κ3) is 4.38. The number of hydrogen-bond donors (Lipinski definition) is 0. The van der Waals surface area contributed by atoms with Crippen molar-refractivity contribution >= 4 is 23.7 Å². The molecular formula is C13H20O5S. The van der Waals surface area contributed by atoms with Crippen LogP contribution in [0.4, 0.5) is 0 Å². The molecule has 1 heterocycles. The first-order chi connectivity index (χ1) is 8.86. The Balaban J connectivity index is 2.88. The molecule has 0 aliphatic carbocycles. The zero-order valence-electron chi connectivity index (χ0n) is 11.6. The van der Waals surface area contributed by atoms with Crippen LogP contribution in [-0.4, -0.2) is 41.4 Å². The molecule has 1 aliphatic rings. The molecule has 0 saturated carbocycles. The Bertz CT molecular complexity index is 333. The molecule has 0 amide bonds. The zero-order valence-corrected chi connectivity index (χ0v) is 12.4. The van der Waals surface area contributed by atoms with Gasteiger partial charge in [0.1, 0.15) is 17.6 Å². The summed E-state index contributed by atoms with van der Waals surface area (Å²) in [6.45, 7) is 12.4. The highest BCUT2D eigenvalue weighted by atomic mass is 32.2. The fourth-order valence-corrected chi connectivity index (χ4v) is 3.04. The molecule has 1 saturated heterocycles. The summed E-state index contributed by atoms with van der Waals surface area (Å²) in [5.41, 5.74) is -0.184. The predicted molar refractivity (Wildman–Crippen MR) is 71.4 cm³/mol. The summed E-state index contributed by atoms with van der Waals surface area (Å²) in [7, 11) is 0. The first-order valence-electron chi connectivity index (χ1n) is 6.23. The van der Waals surface area contributed by atoms with E-state index in [1.54, 1.807) is 11.8 Å². The highest BCUT2D eigenvalue weighted by Gasteiger charge is 2.46. The Morgan fingerprint density at radius 2 is 1.74 bits per heavy atom. The van der Waals surface area contributed by atoms with Gasteiger partial charge in [0.15, 0.2) is 6.10 Å². The third-order valence-electron chi connectivity index (χ3n) is 2.82. The average molecular weight is 288 g/mol. The first-order valence-corrected chi connectivity index (χ1v) is 7.28. The molecule has 0 aromatic carbocycles. The molecule has 6 heteroatoms. The summed E-state index contributed by atoms with van der Waals surface area (Å²) in [4.78, 5) is 22.3. The molecule has 5 nitrogen and oxygen atoms in total. The molecule has 5 atom stereocenters. The van der Waals surface area contributed by atoms with Crippen molar-refractivity contribution in [3.05, 3.63) is 6.92 Å². The summed E-state index contributed by atoms with van der Waals surface area (Å²) >= 11 is 1.58. The topological polar surface area (TPSA) is 61.8 Å². The van der Waals surface area contributed by atoms with Crippen LogP contribution in [0.5, 0.6) is 0 Å². The van der Waals surface area contributed by atoms with Gasteiger partial charge in [-0.25, -0.2) is 0 Å². The average Bonchev–Trinajstić information content (AvgIpc) is 2.29. The molecule has 1 aliphatic heterocycles. The van der Waals surface area contributed by atoms with E-state index in [0.717, 1.165) is 5.75 Å². The number of ether oxygens (including phenoxy) is 3. The van der Waals surface area contributed by atoms with Gasteiger partial charge in [0, 0.05) is 26.7 Å². The first kappa shape index (κ1) is 16.3. The lowest BCUT2D eigenvalue weighted by molar-refractivity contribution is -0.202. The van der Waals surface area contributed by atoms with Crippen molar-refractivity contribution in [1.82, 2.24) is 0 Å². The van der Waals surface area contributed by atoms with Gasteiger partial charge < -0.3 is 14.2 Å². The smallest absolute Gasteiger partial charge is 0.303 e. The van der Waals surface area contributed by atoms with Crippen LogP contribution in [0, 0.1) is 12.8 Å². The van der Waals surface area contributed by atoms with E-state index >= 15 is 0 Å². The van der Waals surface area contributed by atoms with Crippen molar-refractivity contribution in [2.24, 2.45) is 5.92 Å². The van der Waals surface area contributed by atoms with E-state index in [2.05, 4.69) is 0 Å². The van der Waals surface area contributed by atoms with Crippen molar-refractivity contribution in [2.75, 3.05) is 5.75 Å². The third-order valence-corrected chi connectivity index (χ3v) is 4.02. The van der Waals surface area contributed by atoms with E-state index in [1.807, 2.05) is 13.8 Å². The normalized spacial score (nSPS) is 34.7. The number of thioether (sulfide) groups is 1. The monoisotopic (exact) mass is 288 g/mol. The molecule has 0 bridgehead atoms. The minimum atomic E-state index is -0.798. The van der Waals surface area contributed by atoms with E-state index in [-0.39, 0.29) is 11.4 Å². The highest BCUT2D eigenvalue weighted by Crippen LogP contribution is 2.35. The van der Waals surface area contributed by atoms with Crippen molar-refractivity contribution < 1.29 is 23.8 Å². The molecule has 108 valence electrons. The molecule has 2 radical (unpaired) electrons. The number of rotatable bonds is 4. The molecule has 19 heavy (non-hydrogen) atoms. The van der Waals surface area contributed by atoms with Crippen LogP contribution >= 0.6 is 11.8 Å². The Morgan fingerprint density at radius 3 is 2.21 bits per heavy atom. The van der Waals surface area contributed by atoms with Crippen LogP contribution in [0.25, 0.3) is 0 Å². The molecule has 0 spiro atoms. The van der Waals surface area contributed by atoms with Gasteiger partial charge in [-0.2, -0.15) is 0 Å². The lowest BCUT2D eigenvalue weighted by Gasteiger charge is -2.42. The molecule has 2 unspecified atom stereocenters. The largest absolute Gasteiger partial charge is 0.458 e. The second-order valence-electron chi connectivity index (χ2n) is 4.43. The minimum absolute atomic E-state index is 0.113. The van der Waals surface area contributed by atoms with Crippen LogP contribution in [0.1, 0.15) is 27.7 Å². The summed E-state index contributed by atoms with van der Waals surface area (Å²) in [5, 5.41) is 0. The molecule has 1 fully saturated rings. The molecule has 0 aromatic heterocycles. The van der Waals surface area contributed by atoms with Crippen molar-refractivity contribution in [2.45, 2.75) is 51.4 Å². The Hall–Kier alpha value is -0.750. The van der Waals surface area contributed by atoms with Gasteiger partial charge in [-0.1, -0.05) is 13.8 Å². The van der Waals surface area contributed by atoms with Crippen LogP contribution in [-0.2, 0) is 23.8 Å². The SMILES string of the molecule is [CH]C1O[C@@H](SCC)C(C)[C@@H](OC(C)=O)[C@H]1OC(C)=O. The Kier molecular flexibility index (Phi) is 6.13. The van der Waals surface area contributed by atoms with Crippen molar-refractivity contribution in [3.8, 4) is 0 Å². The van der Waals surface area contributed by atoms with Gasteiger partial charge in [0.2, 0.25) is 0 Å². The standard InChI is InChI=1S/C13H20O5S/c1-6-19-13-7(2)11(17-9(4)14)12(8(3)16-13)18-10(5)15/h3,7-8,11-13H,6H2,1-2,4-5H3/t7?,8?,11-,12+,13+/m1/s1. The number of carbonyl (C=O) groups is 2. The van der Waals surface area contributed by atoms with E-state index in [1.165, 1.54) is 13.8 Å². The second kappa shape index (κ2) is 7.14. The van der Waals surface area contributed by atoms with Gasteiger partial charge in [-0.3, -0.25) is 9.59 Å². The van der Waals surface area contributed by atoms with Gasteiger partial charge in [0.25, 0.3) is 0 Å². The van der Waals surface area contributed by atoms with E-state index in [9.17, 15) is 9.59 Å². The highest BCUT2D eigenvalue weighted by molar-refractivity contribution is 7.99. The van der Waals surface area contributed by atoms with Crippen molar-refractivity contribution in [1.29, 1.82) is 0 Å². The van der Waals surface area contributed by atoms with Gasteiger partial charge >= 0.3 is 11.9 Å². The lowest BCUT2D eigenvalue weighted by Crippen LogP contribution is -2.54. The van der Waals surface area contributed by atoms with E-state index < -0.39 is 30.3 Å². The zero-order chi connectivity index (χ0) is 14.6. The summed E-state index contributed by atoms with van der Waals surface area (Å²) < 4.78 is 16.0. The fourth-order valence-electron chi connectivity index (χ4n) is 2.04. The minimum Gasteiger partial charge on any atom is -0.458 e. The maximum atomic E-state index is 11.2. The predicted octanol–water partition coefficient (Wildman–Crippen LogP) is 1.67. The van der Waals surface area contributed by atoms with Gasteiger partial charge in [-0.15, -0.1) is 11.8 Å². The quantitative estimate of drug-likeness (QED) is 0.733. The molecular weight excluding hydrogens is 268 g/mol.